The number of thiazole rings is 1. The van der Waals surface area contributed by atoms with Gasteiger partial charge in [-0.1, -0.05) is 18.9 Å². The number of hydrogen-bond acceptors (Lipinski definition) is 5. The zero-order chi connectivity index (χ0) is 19.1. The summed E-state index contributed by atoms with van der Waals surface area (Å²) in [7, 11) is 1.64. The maximum absolute atomic E-state index is 12.7. The first-order valence-corrected chi connectivity index (χ1v) is 10.2. The average Bonchev–Trinajstić information content (AvgIpc) is 3.38. The summed E-state index contributed by atoms with van der Waals surface area (Å²) in [4.78, 5) is 19.2. The van der Waals surface area contributed by atoms with E-state index in [-0.39, 0.29) is 11.8 Å². The topological polar surface area (TPSA) is 51.7 Å². The summed E-state index contributed by atoms with van der Waals surface area (Å²) in [6, 6.07) is 7.48. The molecule has 6 heteroatoms. The first-order chi connectivity index (χ1) is 13.2. The Hall–Kier alpha value is -2.34. The molecule has 1 aliphatic rings. The molecule has 0 saturated heterocycles. The highest BCUT2D eigenvalue weighted by Crippen LogP contribution is 2.27. The molecule has 0 spiro atoms. The molecule has 5 nitrogen and oxygen atoms in total. The Labute approximate surface area is 164 Å². The summed E-state index contributed by atoms with van der Waals surface area (Å²) in [5.74, 6) is 1.98. The lowest BCUT2D eigenvalue weighted by Gasteiger charge is -2.23. The fraction of sp³-hybridized carbons (Fsp3) is 0.429. The monoisotopic (exact) mass is 386 g/mol. The maximum Gasteiger partial charge on any atom is 0.226 e. The van der Waals surface area contributed by atoms with Crippen LogP contribution in [-0.2, 0) is 17.9 Å². The van der Waals surface area contributed by atoms with Gasteiger partial charge in [0.2, 0.25) is 5.91 Å². The number of aromatic nitrogens is 1. The highest BCUT2D eigenvalue weighted by Gasteiger charge is 2.27. The van der Waals surface area contributed by atoms with Crippen molar-refractivity contribution in [3.05, 3.63) is 53.0 Å². The average molecular weight is 387 g/mol. The number of hydrogen-bond donors (Lipinski definition) is 0. The summed E-state index contributed by atoms with van der Waals surface area (Å²) in [5, 5.41) is 2.90. The number of ether oxygens (including phenoxy) is 2. The van der Waals surface area contributed by atoms with Crippen LogP contribution in [0.25, 0.3) is 0 Å². The van der Waals surface area contributed by atoms with Gasteiger partial charge in [0, 0.05) is 17.8 Å². The second-order valence-electron chi connectivity index (χ2n) is 6.69. The quantitative estimate of drug-likeness (QED) is 0.598. The smallest absolute Gasteiger partial charge is 0.226 e. The third kappa shape index (κ3) is 5.32. The van der Waals surface area contributed by atoms with Crippen LogP contribution in [-0.4, -0.2) is 29.4 Å². The Morgan fingerprint density at radius 1 is 1.30 bits per heavy atom. The van der Waals surface area contributed by atoms with E-state index in [1.807, 2.05) is 34.5 Å². The lowest BCUT2D eigenvalue weighted by Crippen LogP contribution is -2.35. The highest BCUT2D eigenvalue weighted by atomic mass is 32.1. The van der Waals surface area contributed by atoms with Gasteiger partial charge in [-0.25, -0.2) is 4.98 Å². The molecule has 1 saturated carbocycles. The summed E-state index contributed by atoms with van der Waals surface area (Å²) in [6.07, 6.45) is 6.10. The predicted molar refractivity (Wildman–Crippen MR) is 107 cm³/mol. The number of methoxy groups -OCH3 is 1. The van der Waals surface area contributed by atoms with Crippen molar-refractivity contribution in [2.75, 3.05) is 13.7 Å². The van der Waals surface area contributed by atoms with Crippen LogP contribution >= 0.6 is 11.3 Å². The molecule has 1 fully saturated rings. The van der Waals surface area contributed by atoms with Crippen molar-refractivity contribution in [3.63, 3.8) is 0 Å². The minimum absolute atomic E-state index is 0.168. The van der Waals surface area contributed by atoms with Gasteiger partial charge in [0.15, 0.2) is 0 Å². The molecule has 0 radical (unpaired) electrons. The first kappa shape index (κ1) is 19.4. The number of rotatable bonds is 9. The van der Waals surface area contributed by atoms with Crippen molar-refractivity contribution < 1.29 is 14.3 Å². The molecule has 0 N–H and O–H groups in total. The summed E-state index contributed by atoms with van der Waals surface area (Å²) in [5.41, 5.74) is 0.904. The highest BCUT2D eigenvalue weighted by molar-refractivity contribution is 7.09. The van der Waals surface area contributed by atoms with Crippen molar-refractivity contribution in [1.82, 2.24) is 9.88 Å². The van der Waals surface area contributed by atoms with Crippen LogP contribution in [0, 0.1) is 5.92 Å². The Morgan fingerprint density at radius 2 is 2.00 bits per heavy atom. The van der Waals surface area contributed by atoms with Crippen LogP contribution in [0.5, 0.6) is 11.5 Å². The Bertz CT molecular complexity index is 751. The fourth-order valence-corrected chi connectivity index (χ4v) is 4.02. The Kier molecular flexibility index (Phi) is 6.87. The van der Waals surface area contributed by atoms with Gasteiger partial charge in [0.05, 0.1) is 19.3 Å². The number of nitrogens with zero attached hydrogens (tertiary/aromatic N) is 2. The van der Waals surface area contributed by atoms with Gasteiger partial charge < -0.3 is 14.4 Å². The van der Waals surface area contributed by atoms with Gasteiger partial charge in [0.1, 0.15) is 23.1 Å². The molecule has 0 unspecified atom stereocenters. The third-order valence-corrected chi connectivity index (χ3v) is 5.61. The minimum atomic E-state index is 0.168. The van der Waals surface area contributed by atoms with Crippen LogP contribution in [0.2, 0.25) is 0 Å². The summed E-state index contributed by atoms with van der Waals surface area (Å²) in [6.45, 7) is 5.29. The summed E-state index contributed by atoms with van der Waals surface area (Å²) >= 11 is 1.56. The van der Waals surface area contributed by atoms with E-state index in [1.165, 1.54) is 0 Å². The van der Waals surface area contributed by atoms with Gasteiger partial charge in [-0.05, 0) is 37.1 Å². The van der Waals surface area contributed by atoms with Crippen molar-refractivity contribution >= 4 is 17.2 Å². The minimum Gasteiger partial charge on any atom is -0.497 e. The van der Waals surface area contributed by atoms with Gasteiger partial charge >= 0.3 is 0 Å². The molecule has 0 aliphatic heterocycles. The number of carbonyl (C=O) groups excluding carboxylic acids is 1. The number of carbonyl (C=O) groups is 1. The Morgan fingerprint density at radius 3 is 2.67 bits per heavy atom. The normalized spacial score (nSPS) is 14.1. The molecule has 2 aromatic rings. The van der Waals surface area contributed by atoms with Crippen molar-refractivity contribution in [2.45, 2.75) is 38.8 Å². The zero-order valence-electron chi connectivity index (χ0n) is 15.7. The van der Waals surface area contributed by atoms with Gasteiger partial charge in [-0.15, -0.1) is 17.9 Å². The van der Waals surface area contributed by atoms with E-state index in [2.05, 4.69) is 11.6 Å². The Balaban J connectivity index is 1.56. The molecule has 1 amide bonds. The van der Waals surface area contributed by atoms with E-state index in [4.69, 9.17) is 9.47 Å². The molecule has 1 heterocycles. The largest absolute Gasteiger partial charge is 0.497 e. The zero-order valence-corrected chi connectivity index (χ0v) is 16.5. The van der Waals surface area contributed by atoms with E-state index in [1.54, 1.807) is 24.5 Å². The molecular formula is C21H26N2O3S. The first-order valence-electron chi connectivity index (χ1n) is 9.29. The molecule has 1 aromatic heterocycles. The number of benzene rings is 1. The van der Waals surface area contributed by atoms with Crippen molar-refractivity contribution in [3.8, 4) is 11.5 Å². The summed E-state index contributed by atoms with van der Waals surface area (Å²) < 4.78 is 10.9. The van der Waals surface area contributed by atoms with Crippen molar-refractivity contribution in [1.29, 1.82) is 0 Å². The van der Waals surface area contributed by atoms with Crippen LogP contribution in [0.15, 0.2) is 42.3 Å². The fourth-order valence-electron chi connectivity index (χ4n) is 3.32. The number of amides is 1. The van der Waals surface area contributed by atoms with Crippen LogP contribution in [0.1, 0.15) is 36.4 Å². The maximum atomic E-state index is 12.7. The molecule has 3 rings (SSSR count). The molecular weight excluding hydrogens is 360 g/mol. The van der Waals surface area contributed by atoms with Crippen LogP contribution in [0.3, 0.4) is 0 Å². The van der Waals surface area contributed by atoms with Crippen LogP contribution < -0.4 is 9.47 Å². The standard InChI is InChI=1S/C21H26N2O3S/c1-3-12-23(21(24)16-6-4-5-7-16)13-17-15-27-20(22-17)14-26-19-10-8-18(25-2)9-11-19/h3,8-11,15-16H,1,4-7,12-14H2,2H3. The van der Waals surface area contributed by atoms with E-state index in [9.17, 15) is 4.79 Å². The van der Waals surface area contributed by atoms with Crippen LogP contribution in [0.4, 0.5) is 0 Å². The van der Waals surface area contributed by atoms with Gasteiger partial charge in [-0.2, -0.15) is 0 Å². The third-order valence-electron chi connectivity index (χ3n) is 4.74. The van der Waals surface area contributed by atoms with E-state index in [0.717, 1.165) is 47.9 Å². The second-order valence-corrected chi connectivity index (χ2v) is 7.63. The molecule has 144 valence electrons. The molecule has 1 aromatic carbocycles. The van der Waals surface area contributed by atoms with Gasteiger partial charge in [-0.3, -0.25) is 4.79 Å². The van der Waals surface area contributed by atoms with E-state index in [0.29, 0.717) is 19.7 Å². The molecule has 0 bridgehead atoms. The molecule has 27 heavy (non-hydrogen) atoms. The van der Waals surface area contributed by atoms with E-state index >= 15 is 0 Å². The lowest BCUT2D eigenvalue weighted by molar-refractivity contribution is -0.135. The van der Waals surface area contributed by atoms with Crippen molar-refractivity contribution in [2.24, 2.45) is 5.92 Å². The SMILES string of the molecule is C=CCN(Cc1csc(COc2ccc(OC)cc2)n1)C(=O)C1CCCC1. The second kappa shape index (κ2) is 9.55. The van der Waals surface area contributed by atoms with Gasteiger partial charge in [0.25, 0.3) is 0 Å². The lowest BCUT2D eigenvalue weighted by atomic mass is 10.1. The van der Waals surface area contributed by atoms with E-state index < -0.39 is 0 Å². The molecule has 0 atom stereocenters. The predicted octanol–water partition coefficient (Wildman–Crippen LogP) is 4.44. The molecule has 1 aliphatic carbocycles.